The van der Waals surface area contributed by atoms with Gasteiger partial charge in [0.25, 0.3) is 0 Å². The lowest BCUT2D eigenvalue weighted by atomic mass is 10.3. The van der Waals surface area contributed by atoms with Crippen molar-refractivity contribution in [3.8, 4) is 0 Å². The molecule has 1 atom stereocenters. The zero-order valence-corrected chi connectivity index (χ0v) is 16.9. The monoisotopic (exact) mass is 482 g/mol. The molecular weight excluding hydrogens is 459 g/mol. The smallest absolute Gasteiger partial charge is 0.191 e. The van der Waals surface area contributed by atoms with Crippen molar-refractivity contribution in [1.29, 1.82) is 0 Å². The third kappa shape index (κ3) is 5.92. The molecule has 1 aliphatic rings. The summed E-state index contributed by atoms with van der Waals surface area (Å²) in [7, 11) is 3.49. The largest absolute Gasteiger partial charge is 0.383 e. The van der Waals surface area contributed by atoms with Gasteiger partial charge in [-0.3, -0.25) is 4.99 Å². The summed E-state index contributed by atoms with van der Waals surface area (Å²) >= 11 is 3.47. The van der Waals surface area contributed by atoms with Crippen LogP contribution in [0, 0.1) is 0 Å². The van der Waals surface area contributed by atoms with Gasteiger partial charge in [0, 0.05) is 50.0 Å². The number of ether oxygens (including phenoxy) is 1. The maximum Gasteiger partial charge on any atom is 0.191 e. The quantitative estimate of drug-likeness (QED) is 0.293. The van der Waals surface area contributed by atoms with Gasteiger partial charge in [-0.15, -0.1) is 24.0 Å². The third-order valence-electron chi connectivity index (χ3n) is 3.54. The van der Waals surface area contributed by atoms with Crippen molar-refractivity contribution >= 4 is 51.6 Å². The minimum atomic E-state index is 0. The molecule has 0 radical (unpaired) electrons. The van der Waals surface area contributed by atoms with Crippen molar-refractivity contribution in [2.24, 2.45) is 4.99 Å². The maximum atomic E-state index is 5.03. The SMILES string of the molecule is CN=C(NCCOC)NC1CCN(c2ccc(Br)cc2)C1.I. The van der Waals surface area contributed by atoms with E-state index in [9.17, 15) is 0 Å². The maximum absolute atomic E-state index is 5.03. The van der Waals surface area contributed by atoms with Crippen LogP contribution in [0.1, 0.15) is 6.42 Å². The number of benzene rings is 1. The lowest BCUT2D eigenvalue weighted by Crippen LogP contribution is -2.45. The first-order valence-corrected chi connectivity index (χ1v) is 7.99. The summed E-state index contributed by atoms with van der Waals surface area (Å²) in [5, 5.41) is 6.72. The van der Waals surface area contributed by atoms with E-state index in [0.717, 1.165) is 36.5 Å². The number of rotatable bonds is 5. The Balaban J connectivity index is 0.00000242. The Bertz CT molecular complexity index is 469. The zero-order chi connectivity index (χ0) is 15.1. The molecular formula is C15H24BrIN4O. The molecule has 1 fully saturated rings. The molecule has 5 nitrogen and oxygen atoms in total. The third-order valence-corrected chi connectivity index (χ3v) is 4.07. The predicted octanol–water partition coefficient (Wildman–Crippen LogP) is 2.46. The normalized spacial score (nSPS) is 18.0. The number of halogens is 2. The van der Waals surface area contributed by atoms with Crippen molar-refractivity contribution in [3.05, 3.63) is 28.7 Å². The Hall–Kier alpha value is -0.540. The van der Waals surface area contributed by atoms with E-state index in [0.29, 0.717) is 12.6 Å². The van der Waals surface area contributed by atoms with Crippen LogP contribution in [0.25, 0.3) is 0 Å². The molecule has 1 aromatic rings. The molecule has 1 aromatic carbocycles. The summed E-state index contributed by atoms with van der Waals surface area (Å²) in [6, 6.07) is 8.89. The molecule has 1 heterocycles. The number of hydrogen-bond donors (Lipinski definition) is 2. The zero-order valence-electron chi connectivity index (χ0n) is 13.0. The van der Waals surface area contributed by atoms with E-state index < -0.39 is 0 Å². The van der Waals surface area contributed by atoms with Gasteiger partial charge in [-0.1, -0.05) is 15.9 Å². The summed E-state index contributed by atoms with van der Waals surface area (Å²) < 4.78 is 6.15. The van der Waals surface area contributed by atoms with Crippen LogP contribution in [0.15, 0.2) is 33.7 Å². The van der Waals surface area contributed by atoms with Crippen molar-refractivity contribution in [3.63, 3.8) is 0 Å². The van der Waals surface area contributed by atoms with Crippen LogP contribution in [0.4, 0.5) is 5.69 Å². The molecule has 2 N–H and O–H groups in total. The van der Waals surface area contributed by atoms with E-state index in [1.165, 1.54) is 5.69 Å². The molecule has 0 bridgehead atoms. The van der Waals surface area contributed by atoms with E-state index in [-0.39, 0.29) is 24.0 Å². The molecule has 0 spiro atoms. The molecule has 1 aliphatic heterocycles. The van der Waals surface area contributed by atoms with Crippen molar-refractivity contribution in [1.82, 2.24) is 10.6 Å². The Morgan fingerprint density at radius 3 is 2.77 bits per heavy atom. The molecule has 0 aromatic heterocycles. The van der Waals surface area contributed by atoms with Crippen LogP contribution in [-0.4, -0.2) is 52.4 Å². The van der Waals surface area contributed by atoms with Crippen LogP contribution in [0.5, 0.6) is 0 Å². The number of nitrogens with zero attached hydrogens (tertiary/aromatic N) is 2. The molecule has 124 valence electrons. The highest BCUT2D eigenvalue weighted by molar-refractivity contribution is 14.0. The summed E-state index contributed by atoms with van der Waals surface area (Å²) in [6.07, 6.45) is 1.11. The van der Waals surface area contributed by atoms with Gasteiger partial charge in [0.2, 0.25) is 0 Å². The van der Waals surface area contributed by atoms with Crippen LogP contribution in [0.2, 0.25) is 0 Å². The van der Waals surface area contributed by atoms with Crippen LogP contribution in [-0.2, 0) is 4.74 Å². The van der Waals surface area contributed by atoms with Gasteiger partial charge in [0.15, 0.2) is 5.96 Å². The predicted molar refractivity (Wildman–Crippen MR) is 107 cm³/mol. The Morgan fingerprint density at radius 1 is 1.41 bits per heavy atom. The molecule has 0 saturated carbocycles. The van der Waals surface area contributed by atoms with E-state index in [1.807, 2.05) is 0 Å². The second kappa shape index (κ2) is 10.3. The number of nitrogens with one attached hydrogen (secondary N) is 2. The van der Waals surface area contributed by atoms with Gasteiger partial charge < -0.3 is 20.3 Å². The Kier molecular flexibility index (Phi) is 9.11. The van der Waals surface area contributed by atoms with Crippen molar-refractivity contribution < 1.29 is 4.74 Å². The number of hydrogen-bond acceptors (Lipinski definition) is 3. The number of guanidine groups is 1. The summed E-state index contributed by atoms with van der Waals surface area (Å²) in [4.78, 5) is 6.64. The van der Waals surface area contributed by atoms with Gasteiger partial charge in [0.05, 0.1) is 6.61 Å². The minimum Gasteiger partial charge on any atom is -0.383 e. The standard InChI is InChI=1S/C15H23BrN4O.HI/c1-17-15(18-8-10-21-2)19-13-7-9-20(11-13)14-5-3-12(16)4-6-14;/h3-6,13H,7-11H2,1-2H3,(H2,17,18,19);1H. The molecule has 7 heteroatoms. The Labute approximate surface area is 158 Å². The average Bonchev–Trinajstić information content (AvgIpc) is 2.95. The molecule has 0 amide bonds. The summed E-state index contributed by atoms with van der Waals surface area (Å²) in [5.74, 6) is 0.842. The van der Waals surface area contributed by atoms with Gasteiger partial charge in [-0.25, -0.2) is 0 Å². The van der Waals surface area contributed by atoms with Gasteiger partial charge in [-0.05, 0) is 30.7 Å². The fraction of sp³-hybridized carbons (Fsp3) is 0.533. The number of anilines is 1. The highest BCUT2D eigenvalue weighted by atomic mass is 127. The average molecular weight is 483 g/mol. The Morgan fingerprint density at radius 2 is 2.14 bits per heavy atom. The second-order valence-corrected chi connectivity index (χ2v) is 5.96. The van der Waals surface area contributed by atoms with Crippen molar-refractivity contribution in [2.75, 3.05) is 45.3 Å². The number of methoxy groups -OCH3 is 1. The van der Waals surface area contributed by atoms with Crippen molar-refractivity contribution in [2.45, 2.75) is 12.5 Å². The molecule has 1 saturated heterocycles. The first-order chi connectivity index (χ1) is 10.2. The van der Waals surface area contributed by atoms with E-state index in [4.69, 9.17) is 4.74 Å². The van der Waals surface area contributed by atoms with Crippen LogP contribution in [0.3, 0.4) is 0 Å². The fourth-order valence-corrected chi connectivity index (χ4v) is 2.69. The molecule has 22 heavy (non-hydrogen) atoms. The topological polar surface area (TPSA) is 48.9 Å². The van der Waals surface area contributed by atoms with Crippen LogP contribution < -0.4 is 15.5 Å². The lowest BCUT2D eigenvalue weighted by Gasteiger charge is -2.20. The fourth-order valence-electron chi connectivity index (χ4n) is 2.42. The second-order valence-electron chi connectivity index (χ2n) is 5.04. The molecule has 1 unspecified atom stereocenters. The highest BCUT2D eigenvalue weighted by Gasteiger charge is 2.23. The molecule has 0 aliphatic carbocycles. The summed E-state index contributed by atoms with van der Waals surface area (Å²) in [6.45, 7) is 3.50. The van der Waals surface area contributed by atoms with Gasteiger partial charge >= 0.3 is 0 Å². The van der Waals surface area contributed by atoms with E-state index in [2.05, 4.69) is 60.7 Å². The van der Waals surface area contributed by atoms with E-state index in [1.54, 1.807) is 14.2 Å². The summed E-state index contributed by atoms with van der Waals surface area (Å²) in [5.41, 5.74) is 1.27. The first-order valence-electron chi connectivity index (χ1n) is 7.19. The highest BCUT2D eigenvalue weighted by Crippen LogP contribution is 2.22. The van der Waals surface area contributed by atoms with Crippen LogP contribution >= 0.6 is 39.9 Å². The van der Waals surface area contributed by atoms with E-state index >= 15 is 0 Å². The first kappa shape index (κ1) is 19.5. The number of aliphatic imine (C=N–C) groups is 1. The minimum absolute atomic E-state index is 0. The van der Waals surface area contributed by atoms with Gasteiger partial charge in [0.1, 0.15) is 0 Å². The van der Waals surface area contributed by atoms with Gasteiger partial charge in [-0.2, -0.15) is 0 Å². The molecule has 2 rings (SSSR count). The lowest BCUT2D eigenvalue weighted by molar-refractivity contribution is 0.203.